The van der Waals surface area contributed by atoms with Crippen LogP contribution in [0.1, 0.15) is 24.5 Å². The van der Waals surface area contributed by atoms with Crippen molar-refractivity contribution in [1.29, 1.82) is 0 Å². The minimum atomic E-state index is -0.538. The van der Waals surface area contributed by atoms with Crippen LogP contribution in [0.5, 0.6) is 0 Å². The quantitative estimate of drug-likeness (QED) is 0.824. The fourth-order valence-electron chi connectivity index (χ4n) is 2.62. The predicted molar refractivity (Wildman–Crippen MR) is 100 cm³/mol. The van der Waals surface area contributed by atoms with Gasteiger partial charge < -0.3 is 10.2 Å². The summed E-state index contributed by atoms with van der Waals surface area (Å²) in [5.74, 6) is -0.225. The van der Waals surface area contributed by atoms with Gasteiger partial charge >= 0.3 is 0 Å². The minimum Gasteiger partial charge on any atom is -0.357 e. The number of halogens is 1. The molecule has 0 saturated heterocycles. The lowest BCUT2D eigenvalue weighted by atomic mass is 10.1. The van der Waals surface area contributed by atoms with Crippen LogP contribution < -0.4 is 5.32 Å². The third-order valence-corrected chi connectivity index (χ3v) is 4.40. The van der Waals surface area contributed by atoms with Crippen molar-refractivity contribution >= 4 is 23.4 Å². The molecule has 0 aliphatic rings. The SMILES string of the molecule is CNC(=O)[C@H](C)N(Cc1ccc(Cl)cc1)C(=O)CCc1ccccc1. The van der Waals surface area contributed by atoms with Crippen molar-refractivity contribution in [2.45, 2.75) is 32.4 Å². The normalized spacial score (nSPS) is 11.6. The summed E-state index contributed by atoms with van der Waals surface area (Å²) in [6.45, 7) is 2.12. The number of hydrogen-bond donors (Lipinski definition) is 1. The Labute approximate surface area is 153 Å². The van der Waals surface area contributed by atoms with E-state index in [1.165, 1.54) is 0 Å². The highest BCUT2D eigenvalue weighted by Crippen LogP contribution is 2.15. The summed E-state index contributed by atoms with van der Waals surface area (Å²) in [6, 6.07) is 16.6. The molecular formula is C20H23ClN2O2. The highest BCUT2D eigenvalue weighted by molar-refractivity contribution is 6.30. The Hall–Kier alpha value is -2.33. The van der Waals surface area contributed by atoms with Gasteiger partial charge in [0.2, 0.25) is 11.8 Å². The molecule has 0 bridgehead atoms. The molecule has 0 fully saturated rings. The van der Waals surface area contributed by atoms with Crippen molar-refractivity contribution in [3.05, 3.63) is 70.7 Å². The van der Waals surface area contributed by atoms with Crippen LogP contribution in [0.4, 0.5) is 0 Å². The number of rotatable bonds is 7. The maximum absolute atomic E-state index is 12.8. The summed E-state index contributed by atoms with van der Waals surface area (Å²) >= 11 is 5.92. The summed E-state index contributed by atoms with van der Waals surface area (Å²) in [5.41, 5.74) is 2.04. The van der Waals surface area contributed by atoms with Gasteiger partial charge in [-0.15, -0.1) is 0 Å². The van der Waals surface area contributed by atoms with Gasteiger partial charge in [-0.25, -0.2) is 0 Å². The Morgan fingerprint density at radius 2 is 1.68 bits per heavy atom. The van der Waals surface area contributed by atoms with E-state index in [-0.39, 0.29) is 11.8 Å². The van der Waals surface area contributed by atoms with Gasteiger partial charge in [-0.05, 0) is 36.6 Å². The first-order chi connectivity index (χ1) is 12.0. The molecule has 0 radical (unpaired) electrons. The van der Waals surface area contributed by atoms with Crippen molar-refractivity contribution in [1.82, 2.24) is 10.2 Å². The molecule has 1 atom stereocenters. The zero-order valence-corrected chi connectivity index (χ0v) is 15.3. The lowest BCUT2D eigenvalue weighted by Gasteiger charge is -2.28. The van der Waals surface area contributed by atoms with Crippen molar-refractivity contribution in [2.75, 3.05) is 7.05 Å². The number of nitrogens with zero attached hydrogens (tertiary/aromatic N) is 1. The van der Waals surface area contributed by atoms with Crippen molar-refractivity contribution in [2.24, 2.45) is 0 Å². The van der Waals surface area contributed by atoms with Gasteiger partial charge in [0.1, 0.15) is 6.04 Å². The van der Waals surface area contributed by atoms with E-state index in [2.05, 4.69) is 5.32 Å². The second-order valence-corrected chi connectivity index (χ2v) is 6.36. The van der Waals surface area contributed by atoms with Crippen LogP contribution in [0.3, 0.4) is 0 Å². The summed E-state index contributed by atoms with van der Waals surface area (Å²) in [5, 5.41) is 3.26. The number of carbonyl (C=O) groups excluding carboxylic acids is 2. The first-order valence-electron chi connectivity index (χ1n) is 8.30. The molecule has 2 amide bonds. The molecule has 0 heterocycles. The second-order valence-electron chi connectivity index (χ2n) is 5.92. The molecule has 0 unspecified atom stereocenters. The van der Waals surface area contributed by atoms with E-state index in [9.17, 15) is 9.59 Å². The highest BCUT2D eigenvalue weighted by Gasteiger charge is 2.25. The fraction of sp³-hybridized carbons (Fsp3) is 0.300. The maximum atomic E-state index is 12.8. The van der Waals surface area contributed by atoms with Gasteiger partial charge in [0.25, 0.3) is 0 Å². The Bertz CT molecular complexity index is 701. The fourth-order valence-corrected chi connectivity index (χ4v) is 2.74. The second kappa shape index (κ2) is 9.23. The van der Waals surface area contributed by atoms with Crippen LogP contribution in [0.2, 0.25) is 5.02 Å². The number of aryl methyl sites for hydroxylation is 1. The number of nitrogens with one attached hydrogen (secondary N) is 1. The average Bonchev–Trinajstić information content (AvgIpc) is 2.65. The van der Waals surface area contributed by atoms with Crippen LogP contribution in [-0.2, 0) is 22.6 Å². The van der Waals surface area contributed by atoms with E-state index < -0.39 is 6.04 Å². The number of amides is 2. The van der Waals surface area contributed by atoms with E-state index in [0.29, 0.717) is 24.4 Å². The van der Waals surface area contributed by atoms with E-state index in [1.54, 1.807) is 31.0 Å². The van der Waals surface area contributed by atoms with Gasteiger partial charge in [-0.1, -0.05) is 54.1 Å². The third kappa shape index (κ3) is 5.61. The lowest BCUT2D eigenvalue weighted by Crippen LogP contribution is -2.46. The Morgan fingerprint density at radius 1 is 1.04 bits per heavy atom. The first-order valence-corrected chi connectivity index (χ1v) is 8.68. The van der Waals surface area contributed by atoms with E-state index in [1.807, 2.05) is 42.5 Å². The van der Waals surface area contributed by atoms with Crippen LogP contribution in [-0.4, -0.2) is 29.8 Å². The highest BCUT2D eigenvalue weighted by atomic mass is 35.5. The molecule has 1 N–H and O–H groups in total. The van der Waals surface area contributed by atoms with Crippen molar-refractivity contribution in [3.63, 3.8) is 0 Å². The Kier molecular flexibility index (Phi) is 7.02. The molecule has 0 saturated carbocycles. The molecule has 2 aromatic rings. The van der Waals surface area contributed by atoms with Gasteiger partial charge in [0.15, 0.2) is 0 Å². The smallest absolute Gasteiger partial charge is 0.242 e. The summed E-state index contributed by atoms with van der Waals surface area (Å²) in [6.07, 6.45) is 1.01. The maximum Gasteiger partial charge on any atom is 0.242 e. The zero-order valence-electron chi connectivity index (χ0n) is 14.5. The van der Waals surface area contributed by atoms with E-state index in [4.69, 9.17) is 11.6 Å². The molecule has 0 aromatic heterocycles. The first kappa shape index (κ1) is 19.0. The van der Waals surface area contributed by atoms with Gasteiger partial charge in [0.05, 0.1) is 0 Å². The summed E-state index contributed by atoms with van der Waals surface area (Å²) in [4.78, 5) is 26.4. The van der Waals surface area contributed by atoms with Gasteiger partial charge in [-0.3, -0.25) is 9.59 Å². The predicted octanol–water partition coefficient (Wildman–Crippen LogP) is 3.44. The number of likely N-dealkylation sites (N-methyl/N-ethyl adjacent to an activating group) is 1. The van der Waals surface area contributed by atoms with Crippen molar-refractivity contribution < 1.29 is 9.59 Å². The van der Waals surface area contributed by atoms with Crippen molar-refractivity contribution in [3.8, 4) is 0 Å². The van der Waals surface area contributed by atoms with Gasteiger partial charge in [0, 0.05) is 25.0 Å². The molecule has 132 valence electrons. The summed E-state index contributed by atoms with van der Waals surface area (Å²) < 4.78 is 0. The molecular weight excluding hydrogens is 336 g/mol. The minimum absolute atomic E-state index is 0.0464. The standard InChI is InChI=1S/C20H23ClN2O2/c1-15(20(25)22-2)23(14-17-8-11-18(21)12-9-17)19(24)13-10-16-6-4-3-5-7-16/h3-9,11-12,15H,10,13-14H2,1-2H3,(H,22,25)/t15-/m0/s1. The molecule has 2 rings (SSSR count). The average molecular weight is 359 g/mol. The number of hydrogen-bond acceptors (Lipinski definition) is 2. The van der Waals surface area contributed by atoms with E-state index >= 15 is 0 Å². The molecule has 0 aliphatic carbocycles. The van der Waals surface area contributed by atoms with E-state index in [0.717, 1.165) is 11.1 Å². The molecule has 4 nitrogen and oxygen atoms in total. The Morgan fingerprint density at radius 3 is 2.28 bits per heavy atom. The largest absolute Gasteiger partial charge is 0.357 e. The van der Waals surface area contributed by atoms with Crippen LogP contribution >= 0.6 is 11.6 Å². The number of benzene rings is 2. The van der Waals surface area contributed by atoms with Crippen LogP contribution in [0, 0.1) is 0 Å². The monoisotopic (exact) mass is 358 g/mol. The third-order valence-electron chi connectivity index (χ3n) is 4.15. The topological polar surface area (TPSA) is 49.4 Å². The molecule has 5 heteroatoms. The Balaban J connectivity index is 2.10. The molecule has 0 spiro atoms. The zero-order chi connectivity index (χ0) is 18.2. The lowest BCUT2D eigenvalue weighted by molar-refractivity contribution is -0.140. The molecule has 0 aliphatic heterocycles. The van der Waals surface area contributed by atoms with Crippen LogP contribution in [0.15, 0.2) is 54.6 Å². The van der Waals surface area contributed by atoms with Crippen LogP contribution in [0.25, 0.3) is 0 Å². The summed E-state index contributed by atoms with van der Waals surface area (Å²) in [7, 11) is 1.58. The molecule has 2 aromatic carbocycles. The molecule has 25 heavy (non-hydrogen) atoms. The number of carbonyl (C=O) groups is 2. The van der Waals surface area contributed by atoms with Gasteiger partial charge in [-0.2, -0.15) is 0 Å².